The molecule has 0 amide bonds. The zero-order valence-electron chi connectivity index (χ0n) is 13.4. The highest BCUT2D eigenvalue weighted by molar-refractivity contribution is 6.31. The van der Waals surface area contributed by atoms with Crippen molar-refractivity contribution in [1.82, 2.24) is 4.98 Å². The molecule has 0 bridgehead atoms. The van der Waals surface area contributed by atoms with Crippen LogP contribution in [0.2, 0.25) is 5.02 Å². The molecular weight excluding hydrogens is 294 g/mol. The van der Waals surface area contributed by atoms with Crippen LogP contribution in [-0.2, 0) is 0 Å². The fourth-order valence-electron chi connectivity index (χ4n) is 3.94. The molecule has 3 N–H and O–H groups in total. The van der Waals surface area contributed by atoms with Crippen LogP contribution in [0.25, 0.3) is 10.9 Å². The molecule has 1 saturated carbocycles. The standard InChI is InChI=1S/C18H24ClN3/c1-11-9-18(2,3)14(17(11)20)10-22-15-6-7-21-16-8-12(19)4-5-13(15)16/h4-8,11,14,17H,9-10,20H2,1-3H3,(H,21,22). The molecule has 1 aromatic heterocycles. The van der Waals surface area contributed by atoms with Gasteiger partial charge in [0, 0.05) is 34.9 Å². The minimum Gasteiger partial charge on any atom is -0.384 e. The maximum absolute atomic E-state index is 6.42. The van der Waals surface area contributed by atoms with Crippen molar-refractivity contribution in [3.63, 3.8) is 0 Å². The predicted molar refractivity (Wildman–Crippen MR) is 94.3 cm³/mol. The molecule has 3 nitrogen and oxygen atoms in total. The topological polar surface area (TPSA) is 50.9 Å². The lowest BCUT2D eigenvalue weighted by Crippen LogP contribution is -2.38. The Morgan fingerprint density at radius 2 is 2.14 bits per heavy atom. The molecule has 0 spiro atoms. The first kappa shape index (κ1) is 15.6. The molecule has 1 aliphatic rings. The lowest BCUT2D eigenvalue weighted by atomic mass is 9.80. The van der Waals surface area contributed by atoms with Crippen molar-refractivity contribution in [3.8, 4) is 0 Å². The second-order valence-corrected chi connectivity index (χ2v) is 7.69. The van der Waals surface area contributed by atoms with Gasteiger partial charge in [0.2, 0.25) is 0 Å². The molecule has 4 heteroatoms. The van der Waals surface area contributed by atoms with Gasteiger partial charge in [-0.25, -0.2) is 0 Å². The minimum absolute atomic E-state index is 0.255. The lowest BCUT2D eigenvalue weighted by Gasteiger charge is -2.30. The molecule has 1 aliphatic carbocycles. The third-order valence-corrected chi connectivity index (χ3v) is 5.43. The van der Waals surface area contributed by atoms with Crippen LogP contribution in [0, 0.1) is 17.3 Å². The van der Waals surface area contributed by atoms with E-state index in [4.69, 9.17) is 17.3 Å². The first-order chi connectivity index (χ1) is 10.4. The summed E-state index contributed by atoms with van der Waals surface area (Å²) in [6, 6.07) is 8.10. The monoisotopic (exact) mass is 317 g/mol. The number of anilines is 1. The van der Waals surface area contributed by atoms with Crippen molar-refractivity contribution in [1.29, 1.82) is 0 Å². The van der Waals surface area contributed by atoms with E-state index in [9.17, 15) is 0 Å². The second-order valence-electron chi connectivity index (χ2n) is 7.25. The Kier molecular flexibility index (Phi) is 4.04. The highest BCUT2D eigenvalue weighted by atomic mass is 35.5. The Bertz CT molecular complexity index is 683. The Balaban J connectivity index is 1.82. The smallest absolute Gasteiger partial charge is 0.0737 e. The number of fused-ring (bicyclic) bond motifs is 1. The van der Waals surface area contributed by atoms with Crippen molar-refractivity contribution in [3.05, 3.63) is 35.5 Å². The minimum atomic E-state index is 0.255. The number of halogens is 1. The molecule has 3 atom stereocenters. The maximum atomic E-state index is 6.42. The zero-order chi connectivity index (χ0) is 15.9. The molecular formula is C18H24ClN3. The van der Waals surface area contributed by atoms with Gasteiger partial charge in [0.1, 0.15) is 0 Å². The van der Waals surface area contributed by atoms with E-state index >= 15 is 0 Å². The van der Waals surface area contributed by atoms with Crippen LogP contribution in [0.5, 0.6) is 0 Å². The van der Waals surface area contributed by atoms with E-state index in [2.05, 4.69) is 31.1 Å². The number of pyridine rings is 1. The van der Waals surface area contributed by atoms with Gasteiger partial charge < -0.3 is 11.1 Å². The van der Waals surface area contributed by atoms with Crippen molar-refractivity contribution in [2.24, 2.45) is 23.0 Å². The number of hydrogen-bond acceptors (Lipinski definition) is 3. The molecule has 1 aromatic carbocycles. The van der Waals surface area contributed by atoms with Crippen molar-refractivity contribution < 1.29 is 0 Å². The normalized spacial score (nSPS) is 27.2. The fraction of sp³-hybridized carbons (Fsp3) is 0.500. The summed E-state index contributed by atoms with van der Waals surface area (Å²) in [5, 5.41) is 5.41. The van der Waals surface area contributed by atoms with Crippen molar-refractivity contribution >= 4 is 28.2 Å². The Morgan fingerprint density at radius 3 is 2.82 bits per heavy atom. The average Bonchev–Trinajstić information content (AvgIpc) is 2.65. The number of nitrogens with two attached hydrogens (primary N) is 1. The van der Waals surface area contributed by atoms with E-state index in [1.165, 1.54) is 6.42 Å². The third-order valence-electron chi connectivity index (χ3n) is 5.19. The van der Waals surface area contributed by atoms with E-state index in [0.29, 0.717) is 16.9 Å². The molecule has 3 unspecified atom stereocenters. The van der Waals surface area contributed by atoms with Crippen LogP contribution in [0.4, 0.5) is 5.69 Å². The van der Waals surface area contributed by atoms with Gasteiger partial charge in [-0.1, -0.05) is 32.4 Å². The summed E-state index contributed by atoms with van der Waals surface area (Å²) in [5.41, 5.74) is 8.72. The maximum Gasteiger partial charge on any atom is 0.0737 e. The van der Waals surface area contributed by atoms with Crippen molar-refractivity contribution in [2.45, 2.75) is 33.2 Å². The predicted octanol–water partition coefficient (Wildman–Crippen LogP) is 4.31. The first-order valence-electron chi connectivity index (χ1n) is 7.92. The Hall–Kier alpha value is -1.32. The van der Waals surface area contributed by atoms with E-state index in [-0.39, 0.29) is 11.5 Å². The number of benzene rings is 1. The van der Waals surface area contributed by atoms with Crippen LogP contribution in [0.1, 0.15) is 27.2 Å². The largest absolute Gasteiger partial charge is 0.384 e. The molecule has 0 aliphatic heterocycles. The van der Waals surface area contributed by atoms with Gasteiger partial charge >= 0.3 is 0 Å². The fourth-order valence-corrected chi connectivity index (χ4v) is 4.11. The van der Waals surface area contributed by atoms with E-state index in [1.807, 2.05) is 30.5 Å². The van der Waals surface area contributed by atoms with Crippen molar-refractivity contribution in [2.75, 3.05) is 11.9 Å². The summed E-state index contributed by atoms with van der Waals surface area (Å²) < 4.78 is 0. The zero-order valence-corrected chi connectivity index (χ0v) is 14.2. The van der Waals surface area contributed by atoms with Gasteiger partial charge in [0.15, 0.2) is 0 Å². The summed E-state index contributed by atoms with van der Waals surface area (Å²) in [6.07, 6.45) is 3.01. The Morgan fingerprint density at radius 1 is 1.36 bits per heavy atom. The summed E-state index contributed by atoms with van der Waals surface area (Å²) in [7, 11) is 0. The summed E-state index contributed by atoms with van der Waals surface area (Å²) in [6.45, 7) is 7.80. The molecule has 2 aromatic rings. The molecule has 118 valence electrons. The SMILES string of the molecule is CC1CC(C)(C)C(CNc2ccnc3cc(Cl)ccc23)C1N. The first-order valence-corrected chi connectivity index (χ1v) is 8.30. The van der Waals surface area contributed by atoms with E-state index in [1.54, 1.807) is 0 Å². The molecule has 0 saturated heterocycles. The van der Waals surface area contributed by atoms with Crippen LogP contribution in [0.3, 0.4) is 0 Å². The van der Waals surface area contributed by atoms with Gasteiger partial charge in [0.25, 0.3) is 0 Å². The number of hydrogen-bond donors (Lipinski definition) is 2. The van der Waals surface area contributed by atoms with Gasteiger partial charge in [-0.2, -0.15) is 0 Å². The molecule has 0 radical (unpaired) electrons. The molecule has 22 heavy (non-hydrogen) atoms. The van der Waals surface area contributed by atoms with Gasteiger partial charge in [-0.15, -0.1) is 0 Å². The Labute approximate surface area is 137 Å². The second kappa shape index (κ2) is 5.71. The van der Waals surface area contributed by atoms with E-state index in [0.717, 1.165) is 23.1 Å². The van der Waals surface area contributed by atoms with Crippen LogP contribution in [-0.4, -0.2) is 17.6 Å². The van der Waals surface area contributed by atoms with Gasteiger partial charge in [-0.05, 0) is 47.9 Å². The number of rotatable bonds is 3. The summed E-state index contributed by atoms with van der Waals surface area (Å²) >= 11 is 6.05. The quantitative estimate of drug-likeness (QED) is 0.887. The molecule has 1 fully saturated rings. The van der Waals surface area contributed by atoms with Crippen LogP contribution in [0.15, 0.2) is 30.5 Å². The molecule has 1 heterocycles. The number of nitrogens with one attached hydrogen (secondary N) is 1. The summed E-state index contributed by atoms with van der Waals surface area (Å²) in [5.74, 6) is 1.05. The number of aromatic nitrogens is 1. The number of nitrogens with zero attached hydrogens (tertiary/aromatic N) is 1. The third kappa shape index (κ3) is 2.80. The highest BCUT2D eigenvalue weighted by Crippen LogP contribution is 2.45. The van der Waals surface area contributed by atoms with Crippen LogP contribution >= 0.6 is 11.6 Å². The van der Waals surface area contributed by atoms with Crippen LogP contribution < -0.4 is 11.1 Å². The lowest BCUT2D eigenvalue weighted by molar-refractivity contribution is 0.258. The average molecular weight is 318 g/mol. The summed E-state index contributed by atoms with van der Waals surface area (Å²) in [4.78, 5) is 4.39. The highest BCUT2D eigenvalue weighted by Gasteiger charge is 2.44. The van der Waals surface area contributed by atoms with Gasteiger partial charge in [0.05, 0.1) is 5.52 Å². The van der Waals surface area contributed by atoms with Gasteiger partial charge in [-0.3, -0.25) is 4.98 Å². The van der Waals surface area contributed by atoms with E-state index < -0.39 is 0 Å². The molecule has 3 rings (SSSR count).